The lowest BCUT2D eigenvalue weighted by Crippen LogP contribution is -2.03. The summed E-state index contributed by atoms with van der Waals surface area (Å²) in [5, 5.41) is 0.576. The van der Waals surface area contributed by atoms with Crippen LogP contribution in [0, 0.1) is 0 Å². The van der Waals surface area contributed by atoms with Crippen molar-refractivity contribution < 1.29 is 4.74 Å². The Hall–Kier alpha value is -1.65. The molecule has 2 N–H and O–H groups in total. The van der Waals surface area contributed by atoms with Crippen molar-refractivity contribution in [1.82, 2.24) is 9.97 Å². The van der Waals surface area contributed by atoms with Crippen molar-refractivity contribution >= 4 is 11.6 Å². The van der Waals surface area contributed by atoms with E-state index >= 15 is 0 Å². The second kappa shape index (κ2) is 7.07. The van der Waals surface area contributed by atoms with E-state index in [1.165, 1.54) is 5.56 Å². The van der Waals surface area contributed by atoms with E-state index in [9.17, 15) is 0 Å². The van der Waals surface area contributed by atoms with Gasteiger partial charge in [0, 0.05) is 31.2 Å². The minimum Gasteiger partial charge on any atom is -0.478 e. The first-order chi connectivity index (χ1) is 9.29. The topological polar surface area (TPSA) is 61.0 Å². The van der Waals surface area contributed by atoms with Crippen LogP contribution in [-0.4, -0.2) is 16.6 Å². The Morgan fingerprint density at radius 1 is 1.26 bits per heavy atom. The van der Waals surface area contributed by atoms with Gasteiger partial charge < -0.3 is 10.5 Å². The quantitative estimate of drug-likeness (QED) is 0.825. The first kappa shape index (κ1) is 13.8. The molecule has 0 aliphatic heterocycles. The Bertz CT molecular complexity index is 519. The lowest BCUT2D eigenvalue weighted by molar-refractivity contribution is 0.299. The van der Waals surface area contributed by atoms with E-state index in [4.69, 9.17) is 22.1 Å². The fourth-order valence-corrected chi connectivity index (χ4v) is 1.88. The summed E-state index contributed by atoms with van der Waals surface area (Å²) in [6, 6.07) is 5.80. The summed E-state index contributed by atoms with van der Waals surface area (Å²) in [6.45, 7) is 0.996. The summed E-state index contributed by atoms with van der Waals surface area (Å²) in [6.07, 6.45) is 7.04. The summed E-state index contributed by atoms with van der Waals surface area (Å²) in [4.78, 5) is 8.09. The number of hydrogen-bond acceptors (Lipinski definition) is 4. The molecule has 0 aliphatic carbocycles. The van der Waals surface area contributed by atoms with E-state index in [-0.39, 0.29) is 0 Å². The second-order valence-electron chi connectivity index (χ2n) is 4.13. The molecule has 2 aromatic heterocycles. The standard InChI is InChI=1S/C14H16ClN3O/c15-13-10-18-14(8-12(13)9-16)19-7-1-2-11-3-5-17-6-4-11/h3-6,8,10H,1-2,7,9,16H2. The van der Waals surface area contributed by atoms with E-state index in [1.54, 1.807) is 24.7 Å². The van der Waals surface area contributed by atoms with Gasteiger partial charge in [0.1, 0.15) is 0 Å². The maximum atomic E-state index is 5.93. The molecule has 2 heterocycles. The summed E-state index contributed by atoms with van der Waals surface area (Å²) >= 11 is 5.93. The number of nitrogens with zero attached hydrogens (tertiary/aromatic N) is 2. The van der Waals surface area contributed by atoms with E-state index in [1.807, 2.05) is 12.1 Å². The van der Waals surface area contributed by atoms with Gasteiger partial charge in [0.05, 0.1) is 11.6 Å². The average molecular weight is 278 g/mol. The summed E-state index contributed by atoms with van der Waals surface area (Å²) in [5.74, 6) is 0.569. The van der Waals surface area contributed by atoms with Crippen molar-refractivity contribution in [2.24, 2.45) is 5.73 Å². The lowest BCUT2D eigenvalue weighted by atomic mass is 10.1. The molecule has 0 saturated heterocycles. The zero-order valence-electron chi connectivity index (χ0n) is 10.6. The molecular formula is C14H16ClN3O. The third kappa shape index (κ3) is 4.19. The number of aryl methyl sites for hydroxylation is 1. The lowest BCUT2D eigenvalue weighted by Gasteiger charge is -2.07. The van der Waals surface area contributed by atoms with Gasteiger partial charge in [-0.05, 0) is 36.1 Å². The molecule has 4 nitrogen and oxygen atoms in total. The maximum absolute atomic E-state index is 5.93. The minimum atomic E-state index is 0.384. The third-order valence-electron chi connectivity index (χ3n) is 2.74. The van der Waals surface area contributed by atoms with Gasteiger partial charge in [0.2, 0.25) is 5.88 Å². The van der Waals surface area contributed by atoms with Crippen molar-refractivity contribution in [2.45, 2.75) is 19.4 Å². The predicted molar refractivity (Wildman–Crippen MR) is 75.2 cm³/mol. The molecule has 0 fully saturated rings. The van der Waals surface area contributed by atoms with Crippen LogP contribution in [0.3, 0.4) is 0 Å². The largest absolute Gasteiger partial charge is 0.478 e. The van der Waals surface area contributed by atoms with Crippen LogP contribution in [0.25, 0.3) is 0 Å². The Balaban J connectivity index is 1.80. The van der Waals surface area contributed by atoms with Crippen molar-refractivity contribution in [3.63, 3.8) is 0 Å². The molecule has 2 aromatic rings. The van der Waals surface area contributed by atoms with Gasteiger partial charge in [-0.1, -0.05) is 11.6 Å². The summed E-state index contributed by atoms with van der Waals surface area (Å²) in [7, 11) is 0. The highest BCUT2D eigenvalue weighted by molar-refractivity contribution is 6.31. The number of aromatic nitrogens is 2. The molecule has 0 unspecified atom stereocenters. The normalized spacial score (nSPS) is 10.4. The number of hydrogen-bond donors (Lipinski definition) is 1. The van der Waals surface area contributed by atoms with Crippen molar-refractivity contribution in [2.75, 3.05) is 6.61 Å². The van der Waals surface area contributed by atoms with Crippen LogP contribution in [0.1, 0.15) is 17.5 Å². The second-order valence-corrected chi connectivity index (χ2v) is 4.53. The molecule has 0 aliphatic rings. The number of ether oxygens (including phenoxy) is 1. The van der Waals surface area contributed by atoms with Crippen LogP contribution < -0.4 is 10.5 Å². The average Bonchev–Trinajstić information content (AvgIpc) is 2.46. The summed E-state index contributed by atoms with van der Waals surface area (Å²) in [5.41, 5.74) is 7.68. The molecule has 0 aromatic carbocycles. The fraction of sp³-hybridized carbons (Fsp3) is 0.286. The van der Waals surface area contributed by atoms with Gasteiger partial charge in [-0.2, -0.15) is 0 Å². The molecule has 0 saturated carbocycles. The molecule has 19 heavy (non-hydrogen) atoms. The van der Waals surface area contributed by atoms with E-state index in [0.29, 0.717) is 24.1 Å². The van der Waals surface area contributed by atoms with Crippen LogP contribution in [-0.2, 0) is 13.0 Å². The van der Waals surface area contributed by atoms with Gasteiger partial charge in [-0.3, -0.25) is 4.98 Å². The Morgan fingerprint density at radius 2 is 2.05 bits per heavy atom. The van der Waals surface area contributed by atoms with E-state index in [0.717, 1.165) is 18.4 Å². The SMILES string of the molecule is NCc1cc(OCCCc2ccncc2)ncc1Cl. The molecular weight excluding hydrogens is 262 g/mol. The van der Waals surface area contributed by atoms with Crippen molar-refractivity contribution in [1.29, 1.82) is 0 Å². The van der Waals surface area contributed by atoms with Crippen molar-refractivity contribution in [3.05, 3.63) is 52.9 Å². The molecule has 5 heteroatoms. The van der Waals surface area contributed by atoms with E-state index < -0.39 is 0 Å². The Kier molecular flexibility index (Phi) is 5.12. The molecule has 0 spiro atoms. The molecule has 0 atom stereocenters. The highest BCUT2D eigenvalue weighted by Gasteiger charge is 2.02. The van der Waals surface area contributed by atoms with Crippen molar-refractivity contribution in [3.8, 4) is 5.88 Å². The van der Waals surface area contributed by atoms with Crippen LogP contribution in [0.5, 0.6) is 5.88 Å². The number of pyridine rings is 2. The minimum absolute atomic E-state index is 0.384. The first-order valence-electron chi connectivity index (χ1n) is 6.16. The number of rotatable bonds is 6. The van der Waals surface area contributed by atoms with Crippen LogP contribution in [0.15, 0.2) is 36.8 Å². The fourth-order valence-electron chi connectivity index (χ4n) is 1.70. The highest BCUT2D eigenvalue weighted by atomic mass is 35.5. The zero-order valence-corrected chi connectivity index (χ0v) is 11.3. The highest BCUT2D eigenvalue weighted by Crippen LogP contribution is 2.18. The van der Waals surface area contributed by atoms with Gasteiger partial charge in [0.25, 0.3) is 0 Å². The van der Waals surface area contributed by atoms with Gasteiger partial charge in [-0.25, -0.2) is 4.98 Å². The third-order valence-corrected chi connectivity index (χ3v) is 3.08. The molecule has 100 valence electrons. The van der Waals surface area contributed by atoms with E-state index in [2.05, 4.69) is 9.97 Å². The van der Waals surface area contributed by atoms with Gasteiger partial charge in [-0.15, -0.1) is 0 Å². The molecule has 0 radical (unpaired) electrons. The van der Waals surface area contributed by atoms with Crippen LogP contribution in [0.2, 0.25) is 5.02 Å². The Morgan fingerprint density at radius 3 is 2.79 bits per heavy atom. The van der Waals surface area contributed by atoms with Gasteiger partial charge >= 0.3 is 0 Å². The summed E-state index contributed by atoms with van der Waals surface area (Å²) < 4.78 is 5.58. The molecule has 0 amide bonds. The monoisotopic (exact) mass is 277 g/mol. The Labute approximate surface area is 117 Å². The number of halogens is 1. The first-order valence-corrected chi connectivity index (χ1v) is 6.53. The molecule has 2 rings (SSSR count). The zero-order chi connectivity index (χ0) is 13.5. The van der Waals surface area contributed by atoms with Gasteiger partial charge in [0.15, 0.2) is 0 Å². The smallest absolute Gasteiger partial charge is 0.213 e. The number of nitrogens with two attached hydrogens (primary N) is 1. The molecule has 0 bridgehead atoms. The predicted octanol–water partition coefficient (Wildman–Crippen LogP) is 2.60. The van der Waals surface area contributed by atoms with Crippen LogP contribution in [0.4, 0.5) is 0 Å². The van der Waals surface area contributed by atoms with Crippen LogP contribution >= 0.6 is 11.6 Å². The maximum Gasteiger partial charge on any atom is 0.213 e.